The highest BCUT2D eigenvalue weighted by Gasteiger charge is 2.47. The van der Waals surface area contributed by atoms with Crippen molar-refractivity contribution in [2.45, 2.75) is 59.5 Å². The summed E-state index contributed by atoms with van der Waals surface area (Å²) in [6, 6.07) is 4.75. The van der Waals surface area contributed by atoms with Crippen LogP contribution in [-0.2, 0) is 11.3 Å². The lowest BCUT2D eigenvalue weighted by Crippen LogP contribution is -2.44. The number of nitrogens with zero attached hydrogens (tertiary/aromatic N) is 1. The molecule has 0 bridgehead atoms. The largest absolute Gasteiger partial charge is 0.422 e. The molecule has 0 radical (unpaired) electrons. The Balaban J connectivity index is 1.96. The van der Waals surface area contributed by atoms with Crippen LogP contribution in [0.15, 0.2) is 27.4 Å². The van der Waals surface area contributed by atoms with Gasteiger partial charge in [-0.25, -0.2) is 9.59 Å². The Kier molecular flexibility index (Phi) is 4.84. The zero-order valence-electron chi connectivity index (χ0n) is 16.5. The molecule has 0 spiro atoms. The smallest absolute Gasteiger partial charge is 0.336 e. The van der Waals surface area contributed by atoms with Gasteiger partial charge in [0.2, 0.25) is 0 Å². The van der Waals surface area contributed by atoms with E-state index >= 15 is 0 Å². The zero-order chi connectivity index (χ0) is 19.9. The molecule has 1 fully saturated rings. The van der Waals surface area contributed by atoms with E-state index in [1.165, 1.54) is 11.0 Å². The first-order chi connectivity index (χ1) is 12.6. The highest BCUT2D eigenvalue weighted by molar-refractivity contribution is 6.06. The third-order valence-electron chi connectivity index (χ3n) is 5.41. The number of nitrogens with one attached hydrogen (secondary N) is 1. The minimum Gasteiger partial charge on any atom is -0.422 e. The first-order valence-corrected chi connectivity index (χ1v) is 9.29. The number of hydrogen-bond donors (Lipinski definition) is 1. The van der Waals surface area contributed by atoms with Crippen LogP contribution in [0.1, 0.15) is 50.3 Å². The van der Waals surface area contributed by atoms with Crippen LogP contribution >= 0.6 is 0 Å². The van der Waals surface area contributed by atoms with Gasteiger partial charge in [-0.3, -0.25) is 9.69 Å². The van der Waals surface area contributed by atoms with E-state index in [1.807, 2.05) is 26.0 Å². The minimum absolute atomic E-state index is 0.0482. The molecule has 2 aromatic rings. The van der Waals surface area contributed by atoms with Crippen molar-refractivity contribution in [3.63, 3.8) is 0 Å². The summed E-state index contributed by atoms with van der Waals surface area (Å²) in [5.74, 6) is 0.188. The first kappa shape index (κ1) is 19.1. The number of rotatable bonds is 5. The summed E-state index contributed by atoms with van der Waals surface area (Å²) in [7, 11) is 0. The van der Waals surface area contributed by atoms with Gasteiger partial charge in [-0.1, -0.05) is 26.0 Å². The Labute approximate surface area is 158 Å². The number of urea groups is 1. The van der Waals surface area contributed by atoms with E-state index in [1.54, 1.807) is 6.92 Å². The molecule has 1 aromatic heterocycles. The summed E-state index contributed by atoms with van der Waals surface area (Å²) < 4.78 is 5.38. The van der Waals surface area contributed by atoms with Crippen LogP contribution in [0.2, 0.25) is 0 Å². The van der Waals surface area contributed by atoms with Gasteiger partial charge in [0.05, 0.1) is 6.54 Å². The molecular formula is C21H26N2O4. The molecule has 1 aliphatic heterocycles. The normalized spacial score (nSPS) is 20.0. The van der Waals surface area contributed by atoms with Gasteiger partial charge in [0, 0.05) is 11.5 Å². The summed E-state index contributed by atoms with van der Waals surface area (Å²) in [5, 5.41) is 3.57. The molecule has 3 rings (SSSR count). The van der Waals surface area contributed by atoms with Crippen molar-refractivity contribution < 1.29 is 14.0 Å². The summed E-state index contributed by atoms with van der Waals surface area (Å²) in [5.41, 5.74) is 1.63. The van der Waals surface area contributed by atoms with E-state index < -0.39 is 17.2 Å². The van der Waals surface area contributed by atoms with Crippen LogP contribution in [-0.4, -0.2) is 22.4 Å². The molecule has 1 aliphatic rings. The van der Waals surface area contributed by atoms with Gasteiger partial charge < -0.3 is 9.73 Å². The number of fused-ring (bicyclic) bond motifs is 1. The monoisotopic (exact) mass is 370 g/mol. The van der Waals surface area contributed by atoms with Gasteiger partial charge in [0.1, 0.15) is 11.1 Å². The van der Waals surface area contributed by atoms with Crippen LogP contribution in [0.3, 0.4) is 0 Å². The summed E-state index contributed by atoms with van der Waals surface area (Å²) in [6.45, 7) is 9.82. The van der Waals surface area contributed by atoms with Gasteiger partial charge in [0.15, 0.2) is 0 Å². The summed E-state index contributed by atoms with van der Waals surface area (Å²) in [6.07, 6.45) is 1.43. The number of aryl methyl sites for hydroxylation is 2. The lowest BCUT2D eigenvalue weighted by atomic mass is 9.92. The second-order valence-corrected chi connectivity index (χ2v) is 8.06. The fraction of sp³-hybridized carbons (Fsp3) is 0.476. The maximum Gasteiger partial charge on any atom is 0.336 e. The van der Waals surface area contributed by atoms with Crippen LogP contribution in [0, 0.1) is 19.8 Å². The van der Waals surface area contributed by atoms with E-state index in [4.69, 9.17) is 4.42 Å². The molecule has 27 heavy (non-hydrogen) atoms. The first-order valence-electron chi connectivity index (χ1n) is 9.29. The average molecular weight is 370 g/mol. The third kappa shape index (κ3) is 3.48. The van der Waals surface area contributed by atoms with E-state index in [2.05, 4.69) is 19.2 Å². The van der Waals surface area contributed by atoms with Crippen molar-refractivity contribution in [2.24, 2.45) is 5.92 Å². The molecule has 1 N–H and O–H groups in total. The van der Waals surface area contributed by atoms with E-state index in [9.17, 15) is 14.4 Å². The van der Waals surface area contributed by atoms with Crippen molar-refractivity contribution in [2.75, 3.05) is 0 Å². The Bertz CT molecular complexity index is 976. The van der Waals surface area contributed by atoms with E-state index in [-0.39, 0.29) is 12.5 Å². The highest BCUT2D eigenvalue weighted by Crippen LogP contribution is 2.28. The van der Waals surface area contributed by atoms with Crippen LogP contribution < -0.4 is 10.9 Å². The predicted octanol–water partition coefficient (Wildman–Crippen LogP) is 3.66. The molecule has 1 aromatic carbocycles. The standard InChI is InChI=1S/C21H26N2O4/c1-12(2)8-9-21(5)19(25)23(20(26)22-21)11-15-10-17(24)27-18-14(4)13(3)6-7-16(15)18/h6-7,10,12H,8-9,11H2,1-5H3,(H,22,26)/t21-/m0/s1. The molecule has 0 unspecified atom stereocenters. The number of imide groups is 1. The molecule has 6 heteroatoms. The molecule has 1 saturated heterocycles. The van der Waals surface area contributed by atoms with Crippen molar-refractivity contribution in [1.29, 1.82) is 0 Å². The maximum absolute atomic E-state index is 12.9. The van der Waals surface area contributed by atoms with Gasteiger partial charge >= 0.3 is 11.7 Å². The number of carbonyl (C=O) groups is 2. The van der Waals surface area contributed by atoms with Gasteiger partial charge in [0.25, 0.3) is 5.91 Å². The molecule has 6 nitrogen and oxygen atoms in total. The average Bonchev–Trinajstić information content (AvgIpc) is 2.80. The zero-order valence-corrected chi connectivity index (χ0v) is 16.5. The van der Waals surface area contributed by atoms with Gasteiger partial charge in [-0.05, 0) is 56.2 Å². The quantitative estimate of drug-likeness (QED) is 0.643. The Morgan fingerprint density at radius 2 is 1.89 bits per heavy atom. The SMILES string of the molecule is Cc1ccc2c(CN3C(=O)N[C@@](C)(CCC(C)C)C3=O)cc(=O)oc2c1C. The molecular weight excluding hydrogens is 344 g/mol. The molecule has 2 heterocycles. The molecule has 1 atom stereocenters. The minimum atomic E-state index is -0.900. The van der Waals surface area contributed by atoms with Crippen LogP contribution in [0.5, 0.6) is 0 Å². The van der Waals surface area contributed by atoms with Gasteiger partial charge in [-0.2, -0.15) is 0 Å². The Morgan fingerprint density at radius 1 is 1.19 bits per heavy atom. The van der Waals surface area contributed by atoms with Crippen molar-refractivity contribution in [3.8, 4) is 0 Å². The molecule has 144 valence electrons. The van der Waals surface area contributed by atoms with Crippen molar-refractivity contribution >= 4 is 22.9 Å². The molecule has 3 amide bonds. The van der Waals surface area contributed by atoms with Gasteiger partial charge in [-0.15, -0.1) is 0 Å². The fourth-order valence-electron chi connectivity index (χ4n) is 3.46. The Morgan fingerprint density at radius 3 is 2.56 bits per heavy atom. The Hall–Kier alpha value is -2.63. The maximum atomic E-state index is 12.9. The second-order valence-electron chi connectivity index (χ2n) is 8.06. The van der Waals surface area contributed by atoms with E-state index in [0.717, 1.165) is 22.9 Å². The lowest BCUT2D eigenvalue weighted by molar-refractivity contribution is -0.131. The van der Waals surface area contributed by atoms with Crippen molar-refractivity contribution in [3.05, 3.63) is 45.3 Å². The second kappa shape index (κ2) is 6.83. The number of hydrogen-bond acceptors (Lipinski definition) is 4. The van der Waals surface area contributed by atoms with Crippen molar-refractivity contribution in [1.82, 2.24) is 10.2 Å². The number of benzene rings is 1. The lowest BCUT2D eigenvalue weighted by Gasteiger charge is -2.22. The predicted molar refractivity (Wildman–Crippen MR) is 104 cm³/mol. The number of amides is 3. The van der Waals surface area contributed by atoms with Crippen LogP contribution in [0.4, 0.5) is 4.79 Å². The third-order valence-corrected chi connectivity index (χ3v) is 5.41. The van der Waals surface area contributed by atoms with E-state index in [0.29, 0.717) is 23.5 Å². The topological polar surface area (TPSA) is 79.6 Å². The summed E-state index contributed by atoms with van der Waals surface area (Å²) in [4.78, 5) is 38.7. The summed E-state index contributed by atoms with van der Waals surface area (Å²) >= 11 is 0. The molecule has 0 aliphatic carbocycles. The highest BCUT2D eigenvalue weighted by atomic mass is 16.4. The van der Waals surface area contributed by atoms with Crippen LogP contribution in [0.25, 0.3) is 11.0 Å². The fourth-order valence-corrected chi connectivity index (χ4v) is 3.46. The molecule has 0 saturated carbocycles. The number of carbonyl (C=O) groups excluding carboxylic acids is 2.